The maximum atomic E-state index is 12.1. The van der Waals surface area contributed by atoms with Crippen LogP contribution in [0, 0.1) is 0 Å². The number of nitrogen functional groups attached to an aromatic ring is 1. The molecule has 6 heteroatoms. The number of carbonyl (C=O) groups excluding carboxylic acids is 1. The van der Waals surface area contributed by atoms with Crippen molar-refractivity contribution < 1.29 is 9.00 Å². The zero-order chi connectivity index (χ0) is 14.6. The molecule has 2 atom stereocenters. The highest BCUT2D eigenvalue weighted by Crippen LogP contribution is 2.21. The van der Waals surface area contributed by atoms with Crippen molar-refractivity contribution in [1.29, 1.82) is 0 Å². The first-order valence-electron chi connectivity index (χ1n) is 5.99. The van der Waals surface area contributed by atoms with Crippen LogP contribution in [0.15, 0.2) is 18.2 Å². The molecule has 3 N–H and O–H groups in total. The summed E-state index contributed by atoms with van der Waals surface area (Å²) in [5.74, 6) is 0.428. The Bertz CT molecular complexity index is 489. The maximum absolute atomic E-state index is 12.1. The summed E-state index contributed by atoms with van der Waals surface area (Å²) in [6, 6.07) is 5.13. The zero-order valence-corrected chi connectivity index (χ0v) is 12.6. The summed E-state index contributed by atoms with van der Waals surface area (Å²) in [5.41, 5.74) is 7.58. The van der Waals surface area contributed by atoms with Crippen LogP contribution in [0.3, 0.4) is 0 Å². The highest BCUT2D eigenvalue weighted by atomic mass is 32.2. The van der Waals surface area contributed by atoms with E-state index in [1.807, 2.05) is 6.92 Å². The SMILES string of the molecule is CC(CS(C)=O)Nc1cc(N)ccc1C(=O)N(C)C. The van der Waals surface area contributed by atoms with Crippen molar-refractivity contribution in [3.63, 3.8) is 0 Å². The molecule has 0 bridgehead atoms. The summed E-state index contributed by atoms with van der Waals surface area (Å²) in [4.78, 5) is 13.6. The summed E-state index contributed by atoms with van der Waals surface area (Å²) in [6.07, 6.45) is 1.66. The molecule has 0 aromatic heterocycles. The Hall–Kier alpha value is -1.56. The fourth-order valence-electron chi connectivity index (χ4n) is 1.77. The van der Waals surface area contributed by atoms with Gasteiger partial charge in [-0.25, -0.2) is 0 Å². The molecule has 1 amide bonds. The molecule has 1 rings (SSSR count). The molecule has 0 aliphatic carbocycles. The second-order valence-corrected chi connectivity index (χ2v) is 6.27. The predicted octanol–water partition coefficient (Wildman–Crippen LogP) is 1.15. The molecule has 5 nitrogen and oxygen atoms in total. The largest absolute Gasteiger partial charge is 0.399 e. The number of nitrogens with one attached hydrogen (secondary N) is 1. The number of benzene rings is 1. The third-order valence-electron chi connectivity index (χ3n) is 2.57. The van der Waals surface area contributed by atoms with Crippen LogP contribution in [-0.2, 0) is 10.8 Å². The lowest BCUT2D eigenvalue weighted by Crippen LogP contribution is -2.27. The Kier molecular flexibility index (Phi) is 5.35. The van der Waals surface area contributed by atoms with E-state index >= 15 is 0 Å². The van der Waals surface area contributed by atoms with Gasteiger partial charge in [-0.05, 0) is 25.1 Å². The van der Waals surface area contributed by atoms with Gasteiger partial charge in [-0.1, -0.05) is 0 Å². The van der Waals surface area contributed by atoms with E-state index in [9.17, 15) is 9.00 Å². The van der Waals surface area contributed by atoms with Gasteiger partial charge in [-0.15, -0.1) is 0 Å². The van der Waals surface area contributed by atoms with E-state index in [2.05, 4.69) is 5.32 Å². The molecule has 0 fully saturated rings. The van der Waals surface area contributed by atoms with Crippen molar-refractivity contribution in [2.45, 2.75) is 13.0 Å². The summed E-state index contributed by atoms with van der Waals surface area (Å²) in [7, 11) is 2.51. The number of nitrogens with two attached hydrogens (primary N) is 1. The average Bonchev–Trinajstić information content (AvgIpc) is 2.26. The molecular weight excluding hydrogens is 262 g/mol. The summed E-state index contributed by atoms with van der Waals surface area (Å²) in [5, 5.41) is 3.20. The first kappa shape index (κ1) is 15.5. The van der Waals surface area contributed by atoms with Gasteiger partial charge < -0.3 is 16.0 Å². The van der Waals surface area contributed by atoms with E-state index in [1.54, 1.807) is 38.6 Å². The minimum Gasteiger partial charge on any atom is -0.399 e. The lowest BCUT2D eigenvalue weighted by Gasteiger charge is -2.19. The van der Waals surface area contributed by atoms with Crippen LogP contribution < -0.4 is 11.1 Å². The minimum absolute atomic E-state index is 0.00125. The Morgan fingerprint density at radius 1 is 1.47 bits per heavy atom. The van der Waals surface area contributed by atoms with Crippen molar-refractivity contribution in [1.82, 2.24) is 4.90 Å². The molecule has 0 heterocycles. The van der Waals surface area contributed by atoms with Gasteiger partial charge >= 0.3 is 0 Å². The van der Waals surface area contributed by atoms with Gasteiger partial charge in [0.1, 0.15) is 0 Å². The molecule has 1 aromatic carbocycles. The van der Waals surface area contributed by atoms with Crippen molar-refractivity contribution in [3.05, 3.63) is 23.8 Å². The maximum Gasteiger partial charge on any atom is 0.255 e. The molecule has 2 unspecified atom stereocenters. The van der Waals surface area contributed by atoms with E-state index in [1.165, 1.54) is 4.90 Å². The van der Waals surface area contributed by atoms with Gasteiger partial charge in [0.25, 0.3) is 5.91 Å². The Balaban J connectivity index is 3.00. The molecule has 19 heavy (non-hydrogen) atoms. The zero-order valence-electron chi connectivity index (χ0n) is 11.8. The molecule has 106 valence electrons. The Morgan fingerprint density at radius 3 is 2.63 bits per heavy atom. The first-order chi connectivity index (χ1) is 8.81. The molecule has 1 aromatic rings. The topological polar surface area (TPSA) is 75.4 Å². The summed E-state index contributed by atoms with van der Waals surface area (Å²) < 4.78 is 11.2. The second-order valence-electron chi connectivity index (χ2n) is 4.79. The van der Waals surface area contributed by atoms with Crippen molar-refractivity contribution in [3.8, 4) is 0 Å². The highest BCUT2D eigenvalue weighted by molar-refractivity contribution is 7.84. The quantitative estimate of drug-likeness (QED) is 0.795. The van der Waals surface area contributed by atoms with Gasteiger partial charge in [-0.3, -0.25) is 9.00 Å². The van der Waals surface area contributed by atoms with Crippen LogP contribution in [0.4, 0.5) is 11.4 Å². The molecule has 0 spiro atoms. The lowest BCUT2D eigenvalue weighted by atomic mass is 10.1. The van der Waals surface area contributed by atoms with Crippen LogP contribution >= 0.6 is 0 Å². The van der Waals surface area contributed by atoms with Crippen molar-refractivity contribution in [2.75, 3.05) is 37.2 Å². The fraction of sp³-hybridized carbons (Fsp3) is 0.462. The van der Waals surface area contributed by atoms with Crippen LogP contribution in [0.5, 0.6) is 0 Å². The summed E-state index contributed by atoms with van der Waals surface area (Å²) >= 11 is 0. The third kappa shape index (κ3) is 4.55. The second kappa shape index (κ2) is 6.56. The molecule has 0 aliphatic heterocycles. The van der Waals surface area contributed by atoms with E-state index < -0.39 is 10.8 Å². The minimum atomic E-state index is -0.890. The molecular formula is C13H21N3O2S. The number of rotatable bonds is 5. The van der Waals surface area contributed by atoms with Gasteiger partial charge in [-0.2, -0.15) is 0 Å². The third-order valence-corrected chi connectivity index (χ3v) is 3.54. The van der Waals surface area contributed by atoms with E-state index in [0.29, 0.717) is 22.7 Å². The van der Waals surface area contributed by atoms with Gasteiger partial charge in [0, 0.05) is 54.3 Å². The van der Waals surface area contributed by atoms with Crippen LogP contribution in [0.1, 0.15) is 17.3 Å². The van der Waals surface area contributed by atoms with Crippen LogP contribution in [0.2, 0.25) is 0 Å². The van der Waals surface area contributed by atoms with E-state index in [4.69, 9.17) is 5.73 Å². The molecule has 0 radical (unpaired) electrons. The number of anilines is 2. The van der Waals surface area contributed by atoms with E-state index in [-0.39, 0.29) is 11.9 Å². The highest BCUT2D eigenvalue weighted by Gasteiger charge is 2.15. The van der Waals surface area contributed by atoms with Gasteiger partial charge in [0.2, 0.25) is 0 Å². The molecule has 0 saturated carbocycles. The standard InChI is InChI=1S/C13H21N3O2S/c1-9(8-19(4)18)15-12-7-10(14)5-6-11(12)13(17)16(2)3/h5-7,9,15H,8,14H2,1-4H3. The molecule has 0 saturated heterocycles. The van der Waals surface area contributed by atoms with Gasteiger partial charge in [0.05, 0.1) is 5.56 Å². The van der Waals surface area contributed by atoms with Crippen LogP contribution in [-0.4, -0.2) is 47.2 Å². The van der Waals surface area contributed by atoms with Gasteiger partial charge in [0.15, 0.2) is 0 Å². The van der Waals surface area contributed by atoms with E-state index in [0.717, 1.165) is 0 Å². The number of hydrogen-bond donors (Lipinski definition) is 2. The Morgan fingerprint density at radius 2 is 2.11 bits per heavy atom. The van der Waals surface area contributed by atoms with Crippen LogP contribution in [0.25, 0.3) is 0 Å². The predicted molar refractivity (Wildman–Crippen MR) is 80.9 cm³/mol. The average molecular weight is 283 g/mol. The monoisotopic (exact) mass is 283 g/mol. The number of amides is 1. The van der Waals surface area contributed by atoms with Crippen molar-refractivity contribution >= 4 is 28.1 Å². The smallest absolute Gasteiger partial charge is 0.255 e. The number of carbonyl (C=O) groups is 1. The molecule has 0 aliphatic rings. The van der Waals surface area contributed by atoms with Crippen molar-refractivity contribution in [2.24, 2.45) is 0 Å². The summed E-state index contributed by atoms with van der Waals surface area (Å²) in [6.45, 7) is 1.93. The number of hydrogen-bond acceptors (Lipinski definition) is 4. The number of nitrogens with zero attached hydrogens (tertiary/aromatic N) is 1. The fourth-order valence-corrected chi connectivity index (χ4v) is 2.56. The Labute approximate surface area is 116 Å². The first-order valence-corrected chi connectivity index (χ1v) is 7.71. The lowest BCUT2D eigenvalue weighted by molar-refractivity contribution is 0.0828. The normalized spacial score (nSPS) is 13.7.